The third-order valence-electron chi connectivity index (χ3n) is 5.93. The summed E-state index contributed by atoms with van der Waals surface area (Å²) in [6, 6.07) is 13.6. The van der Waals surface area contributed by atoms with Crippen molar-refractivity contribution in [1.82, 2.24) is 4.90 Å². The quantitative estimate of drug-likeness (QED) is 0.702. The van der Waals surface area contributed by atoms with Crippen LogP contribution in [0.25, 0.3) is 5.57 Å². The normalized spacial score (nSPS) is 19.1. The molecule has 1 aliphatic carbocycles. The van der Waals surface area contributed by atoms with Gasteiger partial charge in [-0.2, -0.15) is 0 Å². The first kappa shape index (κ1) is 20.6. The van der Waals surface area contributed by atoms with E-state index in [9.17, 15) is 14.3 Å². The van der Waals surface area contributed by atoms with Gasteiger partial charge in [0.25, 0.3) is 0 Å². The van der Waals surface area contributed by atoms with Crippen molar-refractivity contribution in [2.75, 3.05) is 26.3 Å². The Morgan fingerprint density at radius 2 is 2.13 bits per heavy atom. The number of carbonyl (C=O) groups is 1. The van der Waals surface area contributed by atoms with E-state index in [-0.39, 0.29) is 12.8 Å². The Hall–Kier alpha value is -2.66. The summed E-state index contributed by atoms with van der Waals surface area (Å²) in [5, 5.41) is 9.33. The summed E-state index contributed by atoms with van der Waals surface area (Å²) in [5.41, 5.74) is 4.76. The second kappa shape index (κ2) is 9.43. The van der Waals surface area contributed by atoms with Gasteiger partial charge in [0.15, 0.2) is 0 Å². The van der Waals surface area contributed by atoms with Crippen LogP contribution in [-0.4, -0.2) is 48.4 Å². The predicted molar refractivity (Wildman–Crippen MR) is 116 cm³/mol. The zero-order valence-electron chi connectivity index (χ0n) is 17.1. The third-order valence-corrected chi connectivity index (χ3v) is 5.93. The Balaban J connectivity index is 1.53. The van der Waals surface area contributed by atoms with Crippen molar-refractivity contribution < 1.29 is 19.0 Å². The number of nitrogens with zero attached hydrogens (tertiary/aromatic N) is 1. The van der Waals surface area contributed by atoms with E-state index >= 15 is 0 Å². The van der Waals surface area contributed by atoms with Gasteiger partial charge in [-0.3, -0.25) is 9.29 Å². The second-order valence-corrected chi connectivity index (χ2v) is 8.09. The number of hydrogen-bond donors (Lipinski definition) is 1. The SMILES string of the molecule is O=C(O)c1ccc2c(c1)CCCC=C2c1cccc(O[C@@H]2CCN(CCCF)C2)c1. The average molecular weight is 410 g/mol. The van der Waals surface area contributed by atoms with Crippen molar-refractivity contribution in [2.45, 2.75) is 38.2 Å². The number of benzene rings is 2. The molecule has 0 aromatic heterocycles. The zero-order chi connectivity index (χ0) is 20.9. The fourth-order valence-electron chi connectivity index (χ4n) is 4.43. The average Bonchev–Trinajstić information content (AvgIpc) is 3.08. The molecule has 1 aliphatic heterocycles. The van der Waals surface area contributed by atoms with E-state index in [1.807, 2.05) is 24.3 Å². The molecule has 1 saturated heterocycles. The molecule has 5 heteroatoms. The molecule has 0 bridgehead atoms. The molecule has 2 aromatic carbocycles. The van der Waals surface area contributed by atoms with Crippen LogP contribution in [0.5, 0.6) is 5.75 Å². The minimum Gasteiger partial charge on any atom is -0.489 e. The number of fused-ring (bicyclic) bond motifs is 1. The molecule has 158 valence electrons. The van der Waals surface area contributed by atoms with Crippen molar-refractivity contribution in [3.8, 4) is 5.75 Å². The molecule has 1 N–H and O–H groups in total. The Bertz CT molecular complexity index is 940. The number of likely N-dealkylation sites (tertiary alicyclic amines) is 1. The van der Waals surface area contributed by atoms with Gasteiger partial charge in [0.1, 0.15) is 11.9 Å². The Kier molecular flexibility index (Phi) is 6.48. The lowest BCUT2D eigenvalue weighted by molar-refractivity contribution is 0.0696. The van der Waals surface area contributed by atoms with E-state index in [4.69, 9.17) is 4.74 Å². The van der Waals surface area contributed by atoms with Crippen molar-refractivity contribution in [2.24, 2.45) is 0 Å². The molecule has 1 fully saturated rings. The molecule has 2 aromatic rings. The summed E-state index contributed by atoms with van der Waals surface area (Å²) in [7, 11) is 0. The highest BCUT2D eigenvalue weighted by Gasteiger charge is 2.24. The molecule has 30 heavy (non-hydrogen) atoms. The van der Waals surface area contributed by atoms with E-state index in [0.29, 0.717) is 12.0 Å². The number of halogens is 1. The van der Waals surface area contributed by atoms with E-state index in [2.05, 4.69) is 23.1 Å². The highest BCUT2D eigenvalue weighted by atomic mass is 19.1. The Labute approximate surface area is 177 Å². The molecule has 1 heterocycles. The summed E-state index contributed by atoms with van der Waals surface area (Å²) in [4.78, 5) is 13.6. The summed E-state index contributed by atoms with van der Waals surface area (Å²) in [6.07, 6.45) is 6.77. The van der Waals surface area contributed by atoms with E-state index in [1.54, 1.807) is 6.07 Å². The number of carboxylic acids is 1. The molecule has 2 aliphatic rings. The molecule has 0 amide bonds. The van der Waals surface area contributed by atoms with Crippen molar-refractivity contribution in [1.29, 1.82) is 0 Å². The summed E-state index contributed by atoms with van der Waals surface area (Å²) < 4.78 is 18.7. The topological polar surface area (TPSA) is 49.8 Å². The maximum Gasteiger partial charge on any atom is 0.335 e. The minimum atomic E-state index is -0.889. The van der Waals surface area contributed by atoms with Gasteiger partial charge in [-0.25, -0.2) is 4.79 Å². The predicted octanol–water partition coefficient (Wildman–Crippen LogP) is 4.97. The van der Waals surface area contributed by atoms with Gasteiger partial charge in [-0.05, 0) is 78.6 Å². The fourth-order valence-corrected chi connectivity index (χ4v) is 4.43. The monoisotopic (exact) mass is 409 g/mol. The fraction of sp³-hybridized carbons (Fsp3) is 0.400. The van der Waals surface area contributed by atoms with Crippen LogP contribution in [0.15, 0.2) is 48.5 Å². The summed E-state index contributed by atoms with van der Waals surface area (Å²) in [5.74, 6) is -0.0428. The van der Waals surface area contributed by atoms with Gasteiger partial charge < -0.3 is 9.84 Å². The lowest BCUT2D eigenvalue weighted by Gasteiger charge is -2.17. The van der Waals surface area contributed by atoms with Crippen LogP contribution >= 0.6 is 0 Å². The minimum absolute atomic E-state index is 0.133. The molecule has 1 atom stereocenters. The van der Waals surface area contributed by atoms with Gasteiger partial charge in [-0.15, -0.1) is 0 Å². The van der Waals surface area contributed by atoms with Crippen LogP contribution in [-0.2, 0) is 6.42 Å². The number of ether oxygens (including phenoxy) is 1. The van der Waals surface area contributed by atoms with Crippen LogP contribution in [0.4, 0.5) is 4.39 Å². The molecule has 0 spiro atoms. The number of rotatable bonds is 7. The van der Waals surface area contributed by atoms with Crippen molar-refractivity contribution in [3.05, 3.63) is 70.8 Å². The van der Waals surface area contributed by atoms with Gasteiger partial charge in [0.05, 0.1) is 12.2 Å². The Morgan fingerprint density at radius 3 is 2.97 bits per heavy atom. The second-order valence-electron chi connectivity index (χ2n) is 8.09. The van der Waals surface area contributed by atoms with Crippen LogP contribution in [0.1, 0.15) is 52.7 Å². The molecule has 4 nitrogen and oxygen atoms in total. The number of hydrogen-bond acceptors (Lipinski definition) is 3. The molecule has 4 rings (SSSR count). The first-order valence-corrected chi connectivity index (χ1v) is 10.8. The maximum atomic E-state index is 12.4. The largest absolute Gasteiger partial charge is 0.489 e. The lowest BCUT2D eigenvalue weighted by atomic mass is 9.92. The maximum absolute atomic E-state index is 12.4. The Morgan fingerprint density at radius 1 is 1.23 bits per heavy atom. The highest BCUT2D eigenvalue weighted by molar-refractivity contribution is 5.90. The molecular weight excluding hydrogens is 381 g/mol. The number of aryl methyl sites for hydroxylation is 1. The van der Waals surface area contributed by atoms with Crippen LogP contribution in [0.3, 0.4) is 0 Å². The zero-order valence-corrected chi connectivity index (χ0v) is 17.1. The number of aromatic carboxylic acids is 1. The standard InChI is InChI=1S/C25H28FNO3/c26-12-4-13-27-14-11-22(17-27)30-21-7-3-6-19(16-21)23-8-2-1-5-18-15-20(25(28)29)9-10-24(18)23/h3,6-10,15-16,22H,1-2,4-5,11-14,17H2,(H,28,29)/t22-/m1/s1. The lowest BCUT2D eigenvalue weighted by Crippen LogP contribution is -2.26. The van der Waals surface area contributed by atoms with Crippen molar-refractivity contribution in [3.63, 3.8) is 0 Å². The first-order valence-electron chi connectivity index (χ1n) is 10.8. The van der Waals surface area contributed by atoms with Crippen LogP contribution < -0.4 is 4.74 Å². The van der Waals surface area contributed by atoms with Gasteiger partial charge in [0, 0.05) is 19.6 Å². The smallest absolute Gasteiger partial charge is 0.335 e. The number of alkyl halides is 1. The van der Waals surface area contributed by atoms with Crippen LogP contribution in [0.2, 0.25) is 0 Å². The van der Waals surface area contributed by atoms with Crippen LogP contribution in [0, 0.1) is 0 Å². The summed E-state index contributed by atoms with van der Waals surface area (Å²) >= 11 is 0. The highest BCUT2D eigenvalue weighted by Crippen LogP contribution is 2.33. The molecule has 0 saturated carbocycles. The first-order chi connectivity index (χ1) is 14.6. The van der Waals surface area contributed by atoms with Crippen molar-refractivity contribution >= 4 is 11.5 Å². The van der Waals surface area contributed by atoms with Gasteiger partial charge in [-0.1, -0.05) is 24.3 Å². The van der Waals surface area contributed by atoms with Gasteiger partial charge in [0.2, 0.25) is 0 Å². The van der Waals surface area contributed by atoms with E-state index in [0.717, 1.165) is 73.3 Å². The third kappa shape index (κ3) is 4.73. The number of carboxylic acid groups (broad SMARTS) is 1. The number of allylic oxidation sites excluding steroid dienone is 1. The molecule has 0 unspecified atom stereocenters. The summed E-state index contributed by atoms with van der Waals surface area (Å²) in [6.45, 7) is 2.32. The van der Waals surface area contributed by atoms with E-state index in [1.165, 1.54) is 0 Å². The van der Waals surface area contributed by atoms with E-state index < -0.39 is 5.97 Å². The van der Waals surface area contributed by atoms with Gasteiger partial charge >= 0.3 is 5.97 Å². The molecular formula is C25H28FNO3. The molecule has 0 radical (unpaired) electrons.